The number of hydrogen-bond donors (Lipinski definition) is 2. The van der Waals surface area contributed by atoms with Crippen molar-refractivity contribution in [2.24, 2.45) is 5.92 Å². The lowest BCUT2D eigenvalue weighted by molar-refractivity contribution is 0.624. The van der Waals surface area contributed by atoms with Crippen LogP contribution in [0.4, 0.5) is 5.82 Å². The Morgan fingerprint density at radius 3 is 2.18 bits per heavy atom. The van der Waals surface area contributed by atoms with E-state index in [2.05, 4.69) is 64.0 Å². The number of rotatable bonds is 4. The summed E-state index contributed by atoms with van der Waals surface area (Å²) in [6.07, 6.45) is 1.06. The third-order valence-corrected chi connectivity index (χ3v) is 2.57. The van der Waals surface area contributed by atoms with Crippen LogP contribution in [0.1, 0.15) is 65.6 Å². The Hall–Kier alpha value is -0.990. The van der Waals surface area contributed by atoms with Gasteiger partial charge in [0.15, 0.2) is 5.82 Å². The summed E-state index contributed by atoms with van der Waals surface area (Å²) < 4.78 is 0. The third-order valence-electron chi connectivity index (χ3n) is 2.57. The Morgan fingerprint density at radius 1 is 1.18 bits per heavy atom. The van der Waals surface area contributed by atoms with E-state index in [-0.39, 0.29) is 5.54 Å². The predicted molar refractivity (Wildman–Crippen MR) is 74.6 cm³/mol. The number of H-pyrrole nitrogens is 1. The van der Waals surface area contributed by atoms with Crippen LogP contribution in [0.5, 0.6) is 0 Å². The van der Waals surface area contributed by atoms with Crippen LogP contribution in [0, 0.1) is 5.92 Å². The van der Waals surface area contributed by atoms with Gasteiger partial charge >= 0.3 is 0 Å². The fourth-order valence-corrected chi connectivity index (χ4v) is 2.02. The Bertz CT molecular complexity index is 356. The van der Waals surface area contributed by atoms with E-state index in [1.807, 2.05) is 0 Å². The summed E-state index contributed by atoms with van der Waals surface area (Å²) in [6, 6.07) is 0. The maximum atomic E-state index is 4.44. The quantitative estimate of drug-likeness (QED) is 0.832. The molecular weight excluding hydrogens is 210 g/mol. The fraction of sp³-hybridized carbons (Fsp3) is 0.786. The van der Waals surface area contributed by atoms with Crippen LogP contribution < -0.4 is 5.32 Å². The maximum absolute atomic E-state index is 4.44. The molecule has 0 aliphatic heterocycles. The second kappa shape index (κ2) is 5.11. The Kier molecular flexibility index (Phi) is 4.23. The number of nitrogens with one attached hydrogen (secondary N) is 2. The van der Waals surface area contributed by atoms with Crippen LogP contribution in [0.2, 0.25) is 0 Å². The number of anilines is 1. The first kappa shape index (κ1) is 14.1. The molecule has 0 aliphatic carbocycles. The molecule has 0 bridgehead atoms. The molecule has 0 atom stereocenters. The molecule has 0 amide bonds. The van der Waals surface area contributed by atoms with Gasteiger partial charge in [0.1, 0.15) is 0 Å². The second-order valence-electron chi connectivity index (χ2n) is 6.59. The van der Waals surface area contributed by atoms with Gasteiger partial charge in [0, 0.05) is 16.8 Å². The largest absolute Gasteiger partial charge is 0.364 e. The highest BCUT2D eigenvalue weighted by Crippen LogP contribution is 2.29. The van der Waals surface area contributed by atoms with Crippen LogP contribution in [0.15, 0.2) is 0 Å². The van der Waals surface area contributed by atoms with E-state index in [1.54, 1.807) is 0 Å². The number of aromatic amines is 1. The van der Waals surface area contributed by atoms with Crippen molar-refractivity contribution >= 4 is 5.82 Å². The molecule has 0 spiro atoms. The smallest absolute Gasteiger partial charge is 0.151 e. The molecule has 1 heterocycles. The topological polar surface area (TPSA) is 40.7 Å². The molecule has 17 heavy (non-hydrogen) atoms. The van der Waals surface area contributed by atoms with Crippen molar-refractivity contribution in [1.29, 1.82) is 0 Å². The highest BCUT2D eigenvalue weighted by Gasteiger charge is 2.20. The number of hydrogen-bond acceptors (Lipinski definition) is 2. The standard InChI is InChI=1S/C14H27N3/c1-9(2)8-11-12(10(3)4)13(17-16-11)15-14(5,6)7/h9-10H,8H2,1-7H3,(H2,15,16,17). The average molecular weight is 237 g/mol. The van der Waals surface area contributed by atoms with Gasteiger partial charge in [-0.15, -0.1) is 0 Å². The summed E-state index contributed by atoms with van der Waals surface area (Å²) >= 11 is 0. The van der Waals surface area contributed by atoms with Gasteiger partial charge in [0.05, 0.1) is 0 Å². The molecule has 0 unspecified atom stereocenters. The summed E-state index contributed by atoms with van der Waals surface area (Å²) in [5.41, 5.74) is 2.67. The lowest BCUT2D eigenvalue weighted by atomic mass is 9.97. The minimum atomic E-state index is 0.0495. The van der Waals surface area contributed by atoms with Gasteiger partial charge < -0.3 is 5.32 Å². The van der Waals surface area contributed by atoms with Crippen molar-refractivity contribution in [2.75, 3.05) is 5.32 Å². The first-order valence-corrected chi connectivity index (χ1v) is 6.56. The average Bonchev–Trinajstić information content (AvgIpc) is 2.43. The maximum Gasteiger partial charge on any atom is 0.151 e. The Morgan fingerprint density at radius 2 is 1.76 bits per heavy atom. The van der Waals surface area contributed by atoms with Crippen molar-refractivity contribution < 1.29 is 0 Å². The molecule has 3 nitrogen and oxygen atoms in total. The molecule has 0 fully saturated rings. The van der Waals surface area contributed by atoms with Crippen molar-refractivity contribution in [2.45, 2.75) is 66.3 Å². The first-order valence-electron chi connectivity index (χ1n) is 6.56. The molecular formula is C14H27N3. The number of nitrogens with zero attached hydrogens (tertiary/aromatic N) is 1. The van der Waals surface area contributed by atoms with E-state index in [0.29, 0.717) is 11.8 Å². The molecule has 0 radical (unpaired) electrons. The van der Waals surface area contributed by atoms with E-state index >= 15 is 0 Å². The second-order valence-corrected chi connectivity index (χ2v) is 6.59. The zero-order chi connectivity index (χ0) is 13.2. The van der Waals surface area contributed by atoms with E-state index in [9.17, 15) is 0 Å². The van der Waals surface area contributed by atoms with Crippen LogP contribution in [-0.4, -0.2) is 15.7 Å². The normalized spacial score (nSPS) is 12.5. The highest BCUT2D eigenvalue weighted by molar-refractivity contribution is 5.50. The van der Waals surface area contributed by atoms with Crippen LogP contribution in [0.3, 0.4) is 0 Å². The molecule has 0 aromatic carbocycles. The Balaban J connectivity index is 3.02. The molecule has 98 valence electrons. The monoisotopic (exact) mass is 237 g/mol. The lowest BCUT2D eigenvalue weighted by Crippen LogP contribution is -2.27. The van der Waals surface area contributed by atoms with Crippen molar-refractivity contribution in [3.05, 3.63) is 11.3 Å². The minimum Gasteiger partial charge on any atom is -0.364 e. The van der Waals surface area contributed by atoms with Crippen LogP contribution >= 0.6 is 0 Å². The van der Waals surface area contributed by atoms with E-state index < -0.39 is 0 Å². The fourth-order valence-electron chi connectivity index (χ4n) is 2.02. The molecule has 1 rings (SSSR count). The molecule has 3 heteroatoms. The summed E-state index contributed by atoms with van der Waals surface area (Å²) in [7, 11) is 0. The van der Waals surface area contributed by atoms with Crippen LogP contribution in [0.25, 0.3) is 0 Å². The predicted octanol–water partition coefficient (Wildman–Crippen LogP) is 3.94. The third kappa shape index (κ3) is 4.06. The SMILES string of the molecule is CC(C)Cc1[nH]nc(NC(C)(C)C)c1C(C)C. The zero-order valence-electron chi connectivity index (χ0n) is 12.3. The summed E-state index contributed by atoms with van der Waals surface area (Å²) in [5, 5.41) is 11.1. The van der Waals surface area contributed by atoms with Gasteiger partial charge in [0.25, 0.3) is 0 Å². The van der Waals surface area contributed by atoms with Crippen LogP contribution in [-0.2, 0) is 6.42 Å². The van der Waals surface area contributed by atoms with Gasteiger partial charge in [-0.3, -0.25) is 5.10 Å². The summed E-state index contributed by atoms with van der Waals surface area (Å²) in [6.45, 7) is 15.4. The van der Waals surface area contributed by atoms with Gasteiger partial charge in [-0.2, -0.15) is 5.10 Å². The van der Waals surface area contributed by atoms with Gasteiger partial charge in [-0.25, -0.2) is 0 Å². The molecule has 1 aromatic heterocycles. The van der Waals surface area contributed by atoms with E-state index in [1.165, 1.54) is 11.3 Å². The summed E-state index contributed by atoms with van der Waals surface area (Å²) in [5.74, 6) is 2.16. The van der Waals surface area contributed by atoms with E-state index in [0.717, 1.165) is 12.2 Å². The minimum absolute atomic E-state index is 0.0495. The van der Waals surface area contributed by atoms with Gasteiger partial charge in [-0.1, -0.05) is 27.7 Å². The van der Waals surface area contributed by atoms with Crippen molar-refractivity contribution in [1.82, 2.24) is 10.2 Å². The lowest BCUT2D eigenvalue weighted by Gasteiger charge is -2.22. The van der Waals surface area contributed by atoms with Crippen molar-refractivity contribution in [3.8, 4) is 0 Å². The molecule has 0 aliphatic rings. The highest BCUT2D eigenvalue weighted by atomic mass is 15.2. The Labute approximate surface area is 105 Å². The summed E-state index contributed by atoms with van der Waals surface area (Å²) in [4.78, 5) is 0. The van der Waals surface area contributed by atoms with E-state index in [4.69, 9.17) is 0 Å². The zero-order valence-corrected chi connectivity index (χ0v) is 12.3. The molecule has 2 N–H and O–H groups in total. The first-order chi connectivity index (χ1) is 7.70. The van der Waals surface area contributed by atoms with Gasteiger partial charge in [0.2, 0.25) is 0 Å². The molecule has 1 aromatic rings. The van der Waals surface area contributed by atoms with Gasteiger partial charge in [-0.05, 0) is 39.0 Å². The molecule has 0 saturated heterocycles. The van der Waals surface area contributed by atoms with Crippen molar-refractivity contribution in [3.63, 3.8) is 0 Å². The number of aromatic nitrogens is 2. The molecule has 0 saturated carbocycles.